The molecule has 1 fully saturated rings. The minimum absolute atomic E-state index is 0.140. The van der Waals surface area contributed by atoms with Crippen LogP contribution < -0.4 is 0 Å². The van der Waals surface area contributed by atoms with Crippen LogP contribution in [0.25, 0.3) is 0 Å². The van der Waals surface area contributed by atoms with E-state index in [1.165, 1.54) is 0 Å². The van der Waals surface area contributed by atoms with Crippen molar-refractivity contribution in [3.05, 3.63) is 15.6 Å². The van der Waals surface area contributed by atoms with E-state index in [0.717, 1.165) is 41.6 Å². The lowest BCUT2D eigenvalue weighted by molar-refractivity contribution is -0.134. The normalized spacial score (nSPS) is 21.1. The number of amides is 1. The molecule has 1 aromatic rings. The number of rotatable bonds is 8. The summed E-state index contributed by atoms with van der Waals surface area (Å²) in [5.41, 5.74) is 0.961. The molecule has 0 aromatic carbocycles. The number of methoxy groups -OCH3 is 1. The van der Waals surface area contributed by atoms with Gasteiger partial charge in [0.2, 0.25) is 5.91 Å². The first-order valence-electron chi connectivity index (χ1n) is 8.92. The summed E-state index contributed by atoms with van der Waals surface area (Å²) in [5.74, 6) is 0.707. The molecule has 1 amide bonds. The van der Waals surface area contributed by atoms with E-state index in [9.17, 15) is 9.90 Å². The summed E-state index contributed by atoms with van der Waals surface area (Å²) in [6, 6.07) is 0. The predicted octanol–water partition coefficient (Wildman–Crippen LogP) is 1.34. The van der Waals surface area contributed by atoms with E-state index in [1.807, 2.05) is 18.7 Å². The summed E-state index contributed by atoms with van der Waals surface area (Å²) in [4.78, 5) is 22.4. The first-order chi connectivity index (χ1) is 11.9. The van der Waals surface area contributed by atoms with E-state index in [0.29, 0.717) is 25.5 Å². The molecule has 0 aliphatic carbocycles. The second kappa shape index (κ2) is 9.62. The Morgan fingerprint density at radius 1 is 1.40 bits per heavy atom. The topological polar surface area (TPSA) is 65.9 Å². The van der Waals surface area contributed by atoms with E-state index < -0.39 is 0 Å². The molecule has 0 unspecified atom stereocenters. The third-order valence-electron chi connectivity index (χ3n) is 4.79. The van der Waals surface area contributed by atoms with Crippen molar-refractivity contribution in [2.75, 3.05) is 53.6 Å². The number of hydrogen-bond acceptors (Lipinski definition) is 6. The monoisotopic (exact) mass is 369 g/mol. The molecule has 0 bridgehead atoms. The fraction of sp³-hybridized carbons (Fsp3) is 0.778. The van der Waals surface area contributed by atoms with Crippen molar-refractivity contribution in [2.24, 2.45) is 11.8 Å². The van der Waals surface area contributed by atoms with Gasteiger partial charge in [0.25, 0.3) is 0 Å². The molecule has 142 valence electrons. The van der Waals surface area contributed by atoms with Gasteiger partial charge in [-0.15, -0.1) is 11.3 Å². The van der Waals surface area contributed by atoms with Gasteiger partial charge in [0, 0.05) is 44.8 Å². The third-order valence-corrected chi connectivity index (χ3v) is 5.87. The Labute approximate surface area is 154 Å². The zero-order valence-corrected chi connectivity index (χ0v) is 16.6. The minimum atomic E-state index is 0.140. The van der Waals surface area contributed by atoms with Crippen molar-refractivity contribution in [1.82, 2.24) is 14.8 Å². The molecule has 2 atom stereocenters. The van der Waals surface area contributed by atoms with Crippen LogP contribution in [0.5, 0.6) is 0 Å². The molecule has 0 saturated carbocycles. The lowest BCUT2D eigenvalue weighted by Gasteiger charge is -2.38. The van der Waals surface area contributed by atoms with Crippen LogP contribution >= 0.6 is 11.3 Å². The average Bonchev–Trinajstić information content (AvgIpc) is 2.89. The number of likely N-dealkylation sites (N-methyl/N-ethyl adjacent to an activating group) is 1. The van der Waals surface area contributed by atoms with Crippen molar-refractivity contribution in [1.29, 1.82) is 0 Å². The Hall–Kier alpha value is -1.02. The highest BCUT2D eigenvalue weighted by Crippen LogP contribution is 2.24. The molecule has 25 heavy (non-hydrogen) atoms. The number of aliphatic hydroxyl groups is 1. The molecule has 1 aliphatic rings. The maximum atomic E-state index is 12.8. The van der Waals surface area contributed by atoms with E-state index in [1.54, 1.807) is 18.4 Å². The van der Waals surface area contributed by atoms with Crippen LogP contribution in [0.1, 0.15) is 22.0 Å². The standard InChI is InChI=1S/C18H31N3O3S/c1-13-17(25-14(2)19-13)8-18(23)21-10-15(7-16(11-21)12-22)9-20(3)5-6-24-4/h15-16,22H,5-12H2,1-4H3/t15-,16-/m0/s1. The Morgan fingerprint density at radius 3 is 2.72 bits per heavy atom. The first kappa shape index (κ1) is 20.3. The summed E-state index contributed by atoms with van der Waals surface area (Å²) >= 11 is 1.60. The number of carbonyl (C=O) groups is 1. The number of piperidine rings is 1. The SMILES string of the molecule is COCCN(C)C[C@@H]1C[C@H](CO)CN(C(=O)Cc2sc(C)nc2C)C1. The lowest BCUT2D eigenvalue weighted by atomic mass is 9.89. The van der Waals surface area contributed by atoms with E-state index >= 15 is 0 Å². The van der Waals surface area contributed by atoms with Gasteiger partial charge in [-0.05, 0) is 39.2 Å². The predicted molar refractivity (Wildman–Crippen MR) is 99.9 cm³/mol. The molecule has 0 spiro atoms. The number of ether oxygens (including phenoxy) is 1. The van der Waals surface area contributed by atoms with E-state index in [-0.39, 0.29) is 18.4 Å². The van der Waals surface area contributed by atoms with E-state index in [2.05, 4.69) is 16.9 Å². The van der Waals surface area contributed by atoms with Gasteiger partial charge in [-0.25, -0.2) is 4.98 Å². The molecule has 2 heterocycles. The molecule has 6 nitrogen and oxygen atoms in total. The number of thiazole rings is 1. The summed E-state index contributed by atoms with van der Waals surface area (Å²) < 4.78 is 5.13. The fourth-order valence-electron chi connectivity index (χ4n) is 3.55. The van der Waals surface area contributed by atoms with Crippen molar-refractivity contribution in [3.63, 3.8) is 0 Å². The summed E-state index contributed by atoms with van der Waals surface area (Å²) in [6.07, 6.45) is 1.39. The summed E-state index contributed by atoms with van der Waals surface area (Å²) in [7, 11) is 3.79. The Balaban J connectivity index is 1.96. The molecule has 1 N–H and O–H groups in total. The van der Waals surface area contributed by atoms with Gasteiger partial charge in [-0.1, -0.05) is 0 Å². The number of hydrogen-bond donors (Lipinski definition) is 1. The molecule has 1 saturated heterocycles. The number of aliphatic hydroxyl groups excluding tert-OH is 1. The second-order valence-corrected chi connectivity index (χ2v) is 8.41. The highest BCUT2D eigenvalue weighted by atomic mass is 32.1. The van der Waals surface area contributed by atoms with Gasteiger partial charge in [0.15, 0.2) is 0 Å². The van der Waals surface area contributed by atoms with Crippen LogP contribution in [0.4, 0.5) is 0 Å². The smallest absolute Gasteiger partial charge is 0.227 e. The largest absolute Gasteiger partial charge is 0.396 e. The van der Waals surface area contributed by atoms with Crippen molar-refractivity contribution < 1.29 is 14.6 Å². The number of aromatic nitrogens is 1. The van der Waals surface area contributed by atoms with Crippen LogP contribution in [0.3, 0.4) is 0 Å². The Bertz CT molecular complexity index is 564. The second-order valence-electron chi connectivity index (χ2n) is 7.12. The molecule has 1 aromatic heterocycles. The quantitative estimate of drug-likeness (QED) is 0.749. The molecular formula is C18H31N3O3S. The van der Waals surface area contributed by atoms with Crippen molar-refractivity contribution in [2.45, 2.75) is 26.7 Å². The highest BCUT2D eigenvalue weighted by molar-refractivity contribution is 7.11. The van der Waals surface area contributed by atoms with Crippen molar-refractivity contribution >= 4 is 17.2 Å². The van der Waals surface area contributed by atoms with Gasteiger partial charge >= 0.3 is 0 Å². The van der Waals surface area contributed by atoms with Crippen LogP contribution in [-0.2, 0) is 16.0 Å². The fourth-order valence-corrected chi connectivity index (χ4v) is 4.48. The molecule has 2 rings (SSSR count). The lowest BCUT2D eigenvalue weighted by Crippen LogP contribution is -2.48. The van der Waals surface area contributed by atoms with E-state index in [4.69, 9.17) is 4.74 Å². The van der Waals surface area contributed by atoms with Gasteiger partial charge in [-0.3, -0.25) is 4.79 Å². The molecule has 0 radical (unpaired) electrons. The number of aryl methyl sites for hydroxylation is 2. The summed E-state index contributed by atoms with van der Waals surface area (Å²) in [5, 5.41) is 10.6. The number of carbonyl (C=O) groups excluding carboxylic acids is 1. The van der Waals surface area contributed by atoms with Crippen LogP contribution in [0, 0.1) is 25.7 Å². The minimum Gasteiger partial charge on any atom is -0.396 e. The maximum Gasteiger partial charge on any atom is 0.227 e. The van der Waals surface area contributed by atoms with Gasteiger partial charge in [-0.2, -0.15) is 0 Å². The molecule has 1 aliphatic heterocycles. The highest BCUT2D eigenvalue weighted by Gasteiger charge is 2.30. The van der Waals surface area contributed by atoms with Crippen LogP contribution in [0.15, 0.2) is 0 Å². The molecular weight excluding hydrogens is 338 g/mol. The van der Waals surface area contributed by atoms with Crippen LogP contribution in [-0.4, -0.2) is 79.3 Å². The summed E-state index contributed by atoms with van der Waals surface area (Å²) in [6.45, 7) is 8.01. The first-order valence-corrected chi connectivity index (χ1v) is 9.73. The van der Waals surface area contributed by atoms with Crippen molar-refractivity contribution in [3.8, 4) is 0 Å². The average molecular weight is 370 g/mol. The number of likely N-dealkylation sites (tertiary alicyclic amines) is 1. The van der Waals surface area contributed by atoms with Gasteiger partial charge < -0.3 is 19.6 Å². The van der Waals surface area contributed by atoms with Gasteiger partial charge in [0.05, 0.1) is 23.7 Å². The maximum absolute atomic E-state index is 12.8. The molecule has 7 heteroatoms. The zero-order chi connectivity index (χ0) is 18.4. The number of nitrogens with zero attached hydrogens (tertiary/aromatic N) is 3. The van der Waals surface area contributed by atoms with Crippen LogP contribution in [0.2, 0.25) is 0 Å². The Kier molecular flexibility index (Phi) is 7.81. The zero-order valence-electron chi connectivity index (χ0n) is 15.8. The Morgan fingerprint density at radius 2 is 2.12 bits per heavy atom. The van der Waals surface area contributed by atoms with Gasteiger partial charge in [0.1, 0.15) is 0 Å². The third kappa shape index (κ3) is 6.02.